The molecule has 2 heterocycles. The van der Waals surface area contributed by atoms with Gasteiger partial charge in [0.2, 0.25) is 0 Å². The van der Waals surface area contributed by atoms with E-state index in [-0.39, 0.29) is 28.2 Å². The Bertz CT molecular complexity index is 1370. The molecule has 158 valence electrons. The van der Waals surface area contributed by atoms with E-state index in [9.17, 15) is 18.0 Å². The minimum Gasteiger partial charge on any atom is -0.495 e. The van der Waals surface area contributed by atoms with E-state index < -0.39 is 23.3 Å². The smallest absolute Gasteiger partial charge is 0.417 e. The van der Waals surface area contributed by atoms with Crippen molar-refractivity contribution < 1.29 is 17.9 Å². The predicted molar refractivity (Wildman–Crippen MR) is 107 cm³/mol. The first-order valence-electron chi connectivity index (χ1n) is 8.89. The van der Waals surface area contributed by atoms with Gasteiger partial charge in [0.1, 0.15) is 22.8 Å². The van der Waals surface area contributed by atoms with Crippen LogP contribution in [0.3, 0.4) is 0 Å². The molecule has 0 fully saturated rings. The van der Waals surface area contributed by atoms with Gasteiger partial charge in [-0.3, -0.25) is 5.41 Å². The summed E-state index contributed by atoms with van der Waals surface area (Å²) in [6, 6.07) is 11.3. The van der Waals surface area contributed by atoms with Crippen molar-refractivity contribution in [2.75, 3.05) is 7.11 Å². The van der Waals surface area contributed by atoms with Crippen molar-refractivity contribution in [1.82, 2.24) is 19.5 Å². The summed E-state index contributed by atoms with van der Waals surface area (Å²) >= 11 is 0. The van der Waals surface area contributed by atoms with Gasteiger partial charge in [-0.1, -0.05) is 30.3 Å². The number of para-hydroxylation sites is 2. The minimum atomic E-state index is -4.66. The van der Waals surface area contributed by atoms with Crippen LogP contribution >= 0.6 is 0 Å². The lowest BCUT2D eigenvalue weighted by molar-refractivity contribution is -0.137. The molecule has 0 saturated carbocycles. The first-order valence-corrected chi connectivity index (χ1v) is 8.89. The molecule has 0 bridgehead atoms. The molecule has 4 aromatic rings. The van der Waals surface area contributed by atoms with E-state index in [0.717, 1.165) is 10.6 Å². The Balaban J connectivity index is 2.10. The molecule has 0 radical (unpaired) electrons. The van der Waals surface area contributed by atoms with Crippen molar-refractivity contribution in [3.8, 4) is 22.8 Å². The summed E-state index contributed by atoms with van der Waals surface area (Å²) in [4.78, 5) is 23.6. The molecule has 0 saturated heterocycles. The lowest BCUT2D eigenvalue weighted by Crippen LogP contribution is -2.16. The standard InChI is InChI=1S/C20H15F3N6O2/c1-31-13-9-5-4-8-12(13)29-18-15(27-19(29)30)14(16(24)25)26-17(28-18)10-6-2-3-7-11(10)20(21,22)23/h2-9H,1H3,(H3,24,25)(H,27,30). The summed E-state index contributed by atoms with van der Waals surface area (Å²) in [5.41, 5.74) is 3.82. The number of benzene rings is 2. The zero-order valence-electron chi connectivity index (χ0n) is 16.0. The molecular formula is C20H15F3N6O2. The van der Waals surface area contributed by atoms with Crippen LogP contribution in [0.2, 0.25) is 0 Å². The average Bonchev–Trinajstić information content (AvgIpc) is 3.07. The van der Waals surface area contributed by atoms with E-state index in [2.05, 4.69) is 15.0 Å². The van der Waals surface area contributed by atoms with Crippen LogP contribution in [-0.4, -0.2) is 32.5 Å². The highest BCUT2D eigenvalue weighted by atomic mass is 19.4. The SMILES string of the molecule is COc1ccccc1-n1c(=O)[nH]c2c(C(=N)N)nc(-c3ccccc3C(F)(F)F)nc21. The van der Waals surface area contributed by atoms with Crippen molar-refractivity contribution in [2.45, 2.75) is 6.18 Å². The largest absolute Gasteiger partial charge is 0.495 e. The molecular weight excluding hydrogens is 413 g/mol. The third-order valence-electron chi connectivity index (χ3n) is 4.59. The summed E-state index contributed by atoms with van der Waals surface area (Å²) in [5.74, 6) is -0.523. The van der Waals surface area contributed by atoms with Gasteiger partial charge < -0.3 is 15.5 Å². The van der Waals surface area contributed by atoms with Crippen molar-refractivity contribution >= 4 is 17.0 Å². The number of aromatic amines is 1. The van der Waals surface area contributed by atoms with Crippen LogP contribution in [0.5, 0.6) is 5.75 Å². The van der Waals surface area contributed by atoms with Gasteiger partial charge >= 0.3 is 11.9 Å². The number of halogens is 3. The van der Waals surface area contributed by atoms with Crippen molar-refractivity contribution in [3.05, 3.63) is 70.3 Å². The number of imidazole rings is 1. The summed E-state index contributed by atoms with van der Waals surface area (Å²) in [6.07, 6.45) is -4.66. The fourth-order valence-electron chi connectivity index (χ4n) is 3.26. The van der Waals surface area contributed by atoms with Crippen LogP contribution in [0.15, 0.2) is 53.3 Å². The number of hydrogen-bond acceptors (Lipinski definition) is 5. The van der Waals surface area contributed by atoms with Crippen molar-refractivity contribution in [1.29, 1.82) is 5.41 Å². The zero-order valence-corrected chi connectivity index (χ0v) is 16.0. The Kier molecular flexibility index (Phi) is 4.72. The minimum absolute atomic E-state index is 0.0247. The van der Waals surface area contributed by atoms with E-state index in [0.29, 0.717) is 11.4 Å². The van der Waals surface area contributed by atoms with Crippen LogP contribution < -0.4 is 16.2 Å². The first kappa shape index (κ1) is 20.1. The molecule has 4 N–H and O–H groups in total. The van der Waals surface area contributed by atoms with Crippen LogP contribution in [0, 0.1) is 5.41 Å². The van der Waals surface area contributed by atoms with Gasteiger partial charge in [-0.25, -0.2) is 19.3 Å². The van der Waals surface area contributed by atoms with E-state index >= 15 is 0 Å². The Hall–Kier alpha value is -4.15. The number of methoxy groups -OCH3 is 1. The van der Waals surface area contributed by atoms with E-state index in [1.54, 1.807) is 24.3 Å². The Morgan fingerprint density at radius 2 is 1.81 bits per heavy atom. The number of hydrogen-bond donors (Lipinski definition) is 3. The first-order chi connectivity index (χ1) is 14.7. The van der Waals surface area contributed by atoms with Crippen LogP contribution in [-0.2, 0) is 6.18 Å². The van der Waals surface area contributed by atoms with Crippen LogP contribution in [0.1, 0.15) is 11.3 Å². The molecule has 0 amide bonds. The molecule has 8 nitrogen and oxygen atoms in total. The number of aromatic nitrogens is 4. The number of alkyl halides is 3. The van der Waals surface area contributed by atoms with Crippen LogP contribution in [0.25, 0.3) is 28.2 Å². The van der Waals surface area contributed by atoms with Crippen molar-refractivity contribution in [3.63, 3.8) is 0 Å². The summed E-state index contributed by atoms with van der Waals surface area (Å²) in [7, 11) is 1.42. The van der Waals surface area contributed by atoms with E-state index in [1.807, 2.05) is 0 Å². The maximum atomic E-state index is 13.6. The number of H-pyrrole nitrogens is 1. The lowest BCUT2D eigenvalue weighted by atomic mass is 10.1. The van der Waals surface area contributed by atoms with Crippen LogP contribution in [0.4, 0.5) is 13.2 Å². The highest BCUT2D eigenvalue weighted by molar-refractivity contribution is 6.03. The molecule has 0 spiro atoms. The highest BCUT2D eigenvalue weighted by Gasteiger charge is 2.34. The normalized spacial score (nSPS) is 11.6. The second kappa shape index (κ2) is 7.27. The topological polar surface area (TPSA) is 123 Å². The van der Waals surface area contributed by atoms with E-state index in [1.165, 1.54) is 25.3 Å². The summed E-state index contributed by atoms with van der Waals surface area (Å²) < 4.78 is 47.1. The number of nitrogens with two attached hydrogens (primary N) is 1. The Labute approximate surface area is 172 Å². The molecule has 11 heteroatoms. The number of fused-ring (bicyclic) bond motifs is 1. The van der Waals surface area contributed by atoms with Gasteiger partial charge in [0, 0.05) is 5.56 Å². The maximum absolute atomic E-state index is 13.6. The van der Waals surface area contributed by atoms with Gasteiger partial charge in [0.05, 0.1) is 18.4 Å². The van der Waals surface area contributed by atoms with Gasteiger partial charge in [-0.05, 0) is 18.2 Å². The molecule has 4 rings (SSSR count). The van der Waals surface area contributed by atoms with Crippen molar-refractivity contribution in [2.24, 2.45) is 5.73 Å². The number of nitrogen functional groups attached to an aromatic ring is 1. The molecule has 2 aromatic heterocycles. The fraction of sp³-hybridized carbons (Fsp3) is 0.100. The predicted octanol–water partition coefficient (Wildman–Crippen LogP) is 3.09. The Morgan fingerprint density at radius 1 is 1.13 bits per heavy atom. The highest BCUT2D eigenvalue weighted by Crippen LogP contribution is 2.36. The number of nitrogens with zero attached hydrogens (tertiary/aromatic N) is 3. The zero-order chi connectivity index (χ0) is 22.3. The molecule has 2 aromatic carbocycles. The van der Waals surface area contributed by atoms with Gasteiger partial charge in [-0.15, -0.1) is 0 Å². The molecule has 0 aliphatic heterocycles. The van der Waals surface area contributed by atoms with Gasteiger partial charge in [0.25, 0.3) is 0 Å². The number of nitrogens with one attached hydrogen (secondary N) is 2. The number of ether oxygens (including phenoxy) is 1. The quantitative estimate of drug-likeness (QED) is 0.341. The van der Waals surface area contributed by atoms with Gasteiger partial charge in [0.15, 0.2) is 11.5 Å². The van der Waals surface area contributed by atoms with Gasteiger partial charge in [-0.2, -0.15) is 13.2 Å². The fourth-order valence-corrected chi connectivity index (χ4v) is 3.26. The second-order valence-corrected chi connectivity index (χ2v) is 6.49. The molecule has 31 heavy (non-hydrogen) atoms. The molecule has 0 aliphatic carbocycles. The third-order valence-corrected chi connectivity index (χ3v) is 4.59. The van der Waals surface area contributed by atoms with E-state index in [4.69, 9.17) is 15.9 Å². The molecule has 0 unspecified atom stereocenters. The second-order valence-electron chi connectivity index (χ2n) is 6.49. The summed E-state index contributed by atoms with van der Waals surface area (Å²) in [5, 5.41) is 7.83. The lowest BCUT2D eigenvalue weighted by Gasteiger charge is -2.13. The molecule has 0 aliphatic rings. The Morgan fingerprint density at radius 3 is 2.48 bits per heavy atom. The number of rotatable bonds is 4. The average molecular weight is 428 g/mol. The summed E-state index contributed by atoms with van der Waals surface area (Å²) in [6.45, 7) is 0. The number of amidine groups is 1. The maximum Gasteiger partial charge on any atom is 0.417 e. The monoisotopic (exact) mass is 428 g/mol. The molecule has 0 atom stereocenters. The third kappa shape index (κ3) is 3.39.